The van der Waals surface area contributed by atoms with Gasteiger partial charge in [-0.25, -0.2) is 0 Å². The first-order valence-electron chi connectivity index (χ1n) is 6.44. The van der Waals surface area contributed by atoms with Gasteiger partial charge in [0, 0.05) is 39.3 Å². The smallest absolute Gasteiger partial charge is 0.0723 e. The van der Waals surface area contributed by atoms with E-state index in [4.69, 9.17) is 11.6 Å². The molecule has 0 saturated carbocycles. The van der Waals surface area contributed by atoms with Crippen LogP contribution in [0.5, 0.6) is 0 Å². The molecule has 4 rings (SSSR count). The van der Waals surface area contributed by atoms with Crippen LogP contribution in [0.3, 0.4) is 0 Å². The number of para-hydroxylation sites is 1. The van der Waals surface area contributed by atoms with Crippen LogP contribution < -0.4 is 0 Å². The number of halogens is 1. The highest BCUT2D eigenvalue weighted by Gasteiger charge is 2.09. The van der Waals surface area contributed by atoms with Crippen molar-refractivity contribution >= 4 is 33.4 Å². The largest absolute Gasteiger partial charge is 0.361 e. The van der Waals surface area contributed by atoms with E-state index in [9.17, 15) is 0 Å². The number of pyridine rings is 1. The molecular weight excluding hydrogens is 268 g/mol. The molecule has 4 aromatic rings. The molecule has 0 aliphatic carbocycles. The van der Waals surface area contributed by atoms with Crippen LogP contribution in [0.25, 0.3) is 32.9 Å². The van der Waals surface area contributed by atoms with Gasteiger partial charge in [-0.3, -0.25) is 4.98 Å². The van der Waals surface area contributed by atoms with E-state index in [0.717, 1.165) is 16.4 Å². The number of aromatic amines is 1. The summed E-state index contributed by atoms with van der Waals surface area (Å²) in [4.78, 5) is 7.71. The van der Waals surface area contributed by atoms with Gasteiger partial charge in [0.05, 0.1) is 5.52 Å². The molecule has 0 atom stereocenters. The maximum absolute atomic E-state index is 6.04. The van der Waals surface area contributed by atoms with Crippen molar-refractivity contribution in [2.24, 2.45) is 0 Å². The van der Waals surface area contributed by atoms with E-state index >= 15 is 0 Å². The molecule has 2 nitrogen and oxygen atoms in total. The highest BCUT2D eigenvalue weighted by molar-refractivity contribution is 6.31. The average Bonchev–Trinajstić information content (AvgIpc) is 2.90. The zero-order valence-electron chi connectivity index (χ0n) is 10.6. The highest BCUT2D eigenvalue weighted by Crippen LogP contribution is 2.33. The Morgan fingerprint density at radius 2 is 1.80 bits per heavy atom. The molecule has 96 valence electrons. The zero-order valence-corrected chi connectivity index (χ0v) is 11.4. The normalized spacial score (nSPS) is 11.2. The second-order valence-corrected chi connectivity index (χ2v) is 5.20. The number of fused-ring (bicyclic) bond motifs is 2. The lowest BCUT2D eigenvalue weighted by atomic mass is 10.0. The topological polar surface area (TPSA) is 28.7 Å². The van der Waals surface area contributed by atoms with Gasteiger partial charge < -0.3 is 4.98 Å². The summed E-state index contributed by atoms with van der Waals surface area (Å²) in [5.41, 5.74) is 4.42. The maximum Gasteiger partial charge on any atom is 0.0723 e. The van der Waals surface area contributed by atoms with E-state index in [1.165, 1.54) is 16.5 Å². The quantitative estimate of drug-likeness (QED) is 0.519. The van der Waals surface area contributed by atoms with Gasteiger partial charge >= 0.3 is 0 Å². The zero-order chi connectivity index (χ0) is 13.5. The molecule has 0 fully saturated rings. The fourth-order valence-electron chi connectivity index (χ4n) is 2.65. The molecule has 2 aromatic heterocycles. The number of hydrogen-bond acceptors (Lipinski definition) is 1. The second-order valence-electron chi connectivity index (χ2n) is 4.77. The van der Waals surface area contributed by atoms with Gasteiger partial charge in [-0.15, -0.1) is 0 Å². The molecule has 1 N–H and O–H groups in total. The van der Waals surface area contributed by atoms with Crippen LogP contribution in [0.2, 0.25) is 5.02 Å². The number of nitrogens with zero attached hydrogens (tertiary/aromatic N) is 1. The number of nitrogens with one attached hydrogen (secondary N) is 1. The van der Waals surface area contributed by atoms with Crippen LogP contribution in [-0.4, -0.2) is 9.97 Å². The Kier molecular flexibility index (Phi) is 2.51. The molecule has 0 spiro atoms. The standard InChI is InChI=1S/C17H11ClN2/c18-11-5-6-14-12(7-8-19-17(14)9-11)15-10-20-16-4-2-1-3-13(15)16/h1-10,20H. The van der Waals surface area contributed by atoms with Gasteiger partial charge in [-0.2, -0.15) is 0 Å². The molecule has 20 heavy (non-hydrogen) atoms. The molecule has 2 heterocycles. The lowest BCUT2D eigenvalue weighted by Gasteiger charge is -2.05. The molecule has 0 amide bonds. The molecule has 2 aromatic carbocycles. The van der Waals surface area contributed by atoms with Crippen molar-refractivity contribution in [3.05, 3.63) is 65.9 Å². The van der Waals surface area contributed by atoms with Gasteiger partial charge in [-0.1, -0.05) is 35.9 Å². The number of rotatable bonds is 1. The van der Waals surface area contributed by atoms with Crippen molar-refractivity contribution in [1.82, 2.24) is 9.97 Å². The summed E-state index contributed by atoms with van der Waals surface area (Å²) in [6.45, 7) is 0. The van der Waals surface area contributed by atoms with Gasteiger partial charge in [0.25, 0.3) is 0 Å². The molecular formula is C17H11ClN2. The van der Waals surface area contributed by atoms with Crippen molar-refractivity contribution in [2.45, 2.75) is 0 Å². The minimum absolute atomic E-state index is 0.709. The van der Waals surface area contributed by atoms with Crippen molar-refractivity contribution in [3.8, 4) is 11.1 Å². The molecule has 0 radical (unpaired) electrons. The number of aromatic nitrogens is 2. The molecule has 0 saturated heterocycles. The first-order valence-corrected chi connectivity index (χ1v) is 6.81. The van der Waals surface area contributed by atoms with E-state index in [2.05, 4.69) is 28.2 Å². The summed E-state index contributed by atoms with van der Waals surface area (Å²) >= 11 is 6.04. The van der Waals surface area contributed by atoms with E-state index in [1.54, 1.807) is 0 Å². The van der Waals surface area contributed by atoms with Gasteiger partial charge in [0.2, 0.25) is 0 Å². The Labute approximate surface area is 121 Å². The van der Waals surface area contributed by atoms with Gasteiger partial charge in [0.1, 0.15) is 0 Å². The summed E-state index contributed by atoms with van der Waals surface area (Å²) < 4.78 is 0. The van der Waals surface area contributed by atoms with Crippen LogP contribution in [0.4, 0.5) is 0 Å². The third kappa shape index (κ3) is 1.69. The Morgan fingerprint density at radius 3 is 2.75 bits per heavy atom. The van der Waals surface area contributed by atoms with Gasteiger partial charge in [0.15, 0.2) is 0 Å². The van der Waals surface area contributed by atoms with Crippen LogP contribution in [-0.2, 0) is 0 Å². The van der Waals surface area contributed by atoms with E-state index in [1.807, 2.05) is 42.7 Å². The number of benzene rings is 2. The van der Waals surface area contributed by atoms with Crippen molar-refractivity contribution in [2.75, 3.05) is 0 Å². The van der Waals surface area contributed by atoms with Crippen LogP contribution in [0.15, 0.2) is 60.9 Å². The molecule has 3 heteroatoms. The van der Waals surface area contributed by atoms with Crippen LogP contribution >= 0.6 is 11.6 Å². The summed E-state index contributed by atoms with van der Waals surface area (Å²) in [6.07, 6.45) is 3.88. The SMILES string of the molecule is Clc1ccc2c(-c3c[nH]c4ccccc34)ccnc2c1. The maximum atomic E-state index is 6.04. The Morgan fingerprint density at radius 1 is 0.900 bits per heavy atom. The van der Waals surface area contributed by atoms with Crippen molar-refractivity contribution < 1.29 is 0 Å². The number of hydrogen-bond donors (Lipinski definition) is 1. The summed E-state index contributed by atoms with van der Waals surface area (Å²) in [7, 11) is 0. The van der Waals surface area contributed by atoms with Crippen molar-refractivity contribution in [1.29, 1.82) is 0 Å². The fraction of sp³-hybridized carbons (Fsp3) is 0. The Hall–Kier alpha value is -2.32. The third-order valence-corrected chi connectivity index (χ3v) is 3.82. The average molecular weight is 279 g/mol. The molecule has 0 unspecified atom stereocenters. The van der Waals surface area contributed by atoms with E-state index < -0.39 is 0 Å². The monoisotopic (exact) mass is 278 g/mol. The molecule has 0 bridgehead atoms. The Balaban J connectivity index is 2.07. The van der Waals surface area contributed by atoms with Crippen molar-refractivity contribution in [3.63, 3.8) is 0 Å². The lowest BCUT2D eigenvalue weighted by Crippen LogP contribution is -1.83. The highest BCUT2D eigenvalue weighted by atomic mass is 35.5. The minimum Gasteiger partial charge on any atom is -0.361 e. The van der Waals surface area contributed by atoms with E-state index in [0.29, 0.717) is 5.02 Å². The minimum atomic E-state index is 0.709. The molecule has 0 aliphatic rings. The summed E-state index contributed by atoms with van der Waals surface area (Å²) in [5.74, 6) is 0. The summed E-state index contributed by atoms with van der Waals surface area (Å²) in [6, 6.07) is 16.2. The second kappa shape index (κ2) is 4.36. The predicted octanol–water partition coefficient (Wildman–Crippen LogP) is 5.04. The van der Waals surface area contributed by atoms with E-state index in [-0.39, 0.29) is 0 Å². The first kappa shape index (κ1) is 11.5. The lowest BCUT2D eigenvalue weighted by molar-refractivity contribution is 1.41. The van der Waals surface area contributed by atoms with Gasteiger partial charge in [-0.05, 0) is 29.8 Å². The Bertz CT molecular complexity index is 924. The first-order chi connectivity index (χ1) is 9.83. The third-order valence-electron chi connectivity index (χ3n) is 3.58. The van der Waals surface area contributed by atoms with Crippen LogP contribution in [0.1, 0.15) is 0 Å². The fourth-order valence-corrected chi connectivity index (χ4v) is 2.82. The number of H-pyrrole nitrogens is 1. The summed E-state index contributed by atoms with van der Waals surface area (Å²) in [5, 5.41) is 3.04. The van der Waals surface area contributed by atoms with Crippen LogP contribution in [0, 0.1) is 0 Å². The predicted molar refractivity (Wildman–Crippen MR) is 84.0 cm³/mol. The molecule has 0 aliphatic heterocycles.